The molecule has 0 aliphatic carbocycles. The number of ether oxygens (including phenoxy) is 2. The number of fused-ring (bicyclic) bond motifs is 1. The van der Waals surface area contributed by atoms with Gasteiger partial charge < -0.3 is 9.47 Å². The van der Waals surface area contributed by atoms with E-state index in [1.54, 1.807) is 13.2 Å². The molecule has 4 rings (SSSR count). The van der Waals surface area contributed by atoms with Crippen molar-refractivity contribution in [1.82, 2.24) is 4.98 Å². The predicted octanol–water partition coefficient (Wildman–Crippen LogP) is 6.89. The van der Waals surface area contributed by atoms with Gasteiger partial charge in [0.05, 0.1) is 22.5 Å². The summed E-state index contributed by atoms with van der Waals surface area (Å²) in [7, 11) is 1.56. The number of nitrogens with zero attached hydrogens (tertiary/aromatic N) is 2. The number of aromatic nitrogens is 1. The Labute approximate surface area is 207 Å². The van der Waals surface area contributed by atoms with Crippen LogP contribution in [0.1, 0.15) is 16.7 Å². The molecule has 9 heteroatoms. The third-order valence-corrected chi connectivity index (χ3v) is 5.73. The van der Waals surface area contributed by atoms with Crippen molar-refractivity contribution in [2.24, 2.45) is 5.10 Å². The predicted molar refractivity (Wildman–Crippen MR) is 134 cm³/mol. The molecule has 1 heterocycles. The summed E-state index contributed by atoms with van der Waals surface area (Å²) in [5.74, 6) is 1.36. The van der Waals surface area contributed by atoms with Crippen LogP contribution in [0.15, 0.2) is 78.0 Å². The maximum atomic E-state index is 12.6. The molecule has 0 radical (unpaired) electrons. The van der Waals surface area contributed by atoms with Gasteiger partial charge in [0.1, 0.15) is 12.4 Å². The van der Waals surface area contributed by atoms with Crippen LogP contribution < -0.4 is 14.9 Å². The van der Waals surface area contributed by atoms with Crippen LogP contribution >= 0.6 is 22.6 Å². The number of halogens is 4. The van der Waals surface area contributed by atoms with Crippen LogP contribution in [0, 0.1) is 3.57 Å². The molecule has 4 aromatic rings. The van der Waals surface area contributed by atoms with E-state index < -0.39 is 11.7 Å². The highest BCUT2D eigenvalue weighted by Gasteiger charge is 2.30. The molecule has 0 unspecified atom stereocenters. The molecule has 1 N–H and O–H groups in total. The molecular weight excluding hydrogens is 558 g/mol. The summed E-state index contributed by atoms with van der Waals surface area (Å²) < 4.78 is 50.3. The molecule has 0 atom stereocenters. The van der Waals surface area contributed by atoms with Crippen LogP contribution in [-0.4, -0.2) is 18.3 Å². The molecular formula is C25H19F3IN3O2. The molecule has 0 fully saturated rings. The first kappa shape index (κ1) is 23.8. The third kappa shape index (κ3) is 5.77. The minimum Gasteiger partial charge on any atom is -0.493 e. The number of pyridine rings is 1. The van der Waals surface area contributed by atoms with Crippen LogP contribution in [0.25, 0.3) is 10.8 Å². The molecule has 0 spiro atoms. The van der Waals surface area contributed by atoms with Gasteiger partial charge in [0.15, 0.2) is 11.5 Å². The molecule has 0 aliphatic rings. The first-order valence-electron chi connectivity index (χ1n) is 10.1. The molecule has 0 saturated heterocycles. The molecule has 0 aliphatic heterocycles. The summed E-state index contributed by atoms with van der Waals surface area (Å²) >= 11 is 2.16. The van der Waals surface area contributed by atoms with E-state index in [1.165, 1.54) is 17.7 Å². The number of nitrogens with one attached hydrogen (secondary N) is 1. The molecule has 0 saturated carbocycles. The summed E-state index contributed by atoms with van der Waals surface area (Å²) in [5, 5.41) is 6.37. The quantitative estimate of drug-likeness (QED) is 0.148. The molecule has 174 valence electrons. The fourth-order valence-electron chi connectivity index (χ4n) is 3.24. The van der Waals surface area contributed by atoms with E-state index in [0.29, 0.717) is 18.1 Å². The number of hydrazone groups is 1. The fourth-order valence-corrected chi connectivity index (χ4v) is 4.02. The van der Waals surface area contributed by atoms with Crippen molar-refractivity contribution in [3.05, 3.63) is 93.2 Å². The number of methoxy groups -OCH3 is 1. The standard InChI is InChI=1S/C25H19F3IN3O2/c1-33-22-12-17(13-31-32-23-9-8-20(14-30-23)25(26,27)28)11-21(29)24(22)34-15-16-6-7-18-4-2-3-5-19(18)10-16/h2-14H,15H2,1H3,(H,30,32)/b31-13-. The monoisotopic (exact) mass is 577 g/mol. The van der Waals surface area contributed by atoms with Crippen molar-refractivity contribution >= 4 is 45.4 Å². The van der Waals surface area contributed by atoms with Gasteiger partial charge in [-0.3, -0.25) is 5.43 Å². The largest absolute Gasteiger partial charge is 0.493 e. The third-order valence-electron chi connectivity index (χ3n) is 4.93. The molecule has 0 amide bonds. The van der Waals surface area contributed by atoms with Crippen molar-refractivity contribution in [2.75, 3.05) is 12.5 Å². The van der Waals surface area contributed by atoms with E-state index in [1.807, 2.05) is 24.3 Å². The Kier molecular flexibility index (Phi) is 7.20. The van der Waals surface area contributed by atoms with Crippen LogP contribution in [0.2, 0.25) is 0 Å². The minimum absolute atomic E-state index is 0.196. The number of rotatable bonds is 7. The summed E-state index contributed by atoms with van der Waals surface area (Å²) in [6.07, 6.45) is -2.15. The molecule has 34 heavy (non-hydrogen) atoms. The maximum absolute atomic E-state index is 12.6. The lowest BCUT2D eigenvalue weighted by molar-refractivity contribution is -0.137. The highest BCUT2D eigenvalue weighted by atomic mass is 127. The van der Waals surface area contributed by atoms with Gasteiger partial charge in [0, 0.05) is 6.20 Å². The van der Waals surface area contributed by atoms with E-state index >= 15 is 0 Å². The maximum Gasteiger partial charge on any atom is 0.417 e. The van der Waals surface area contributed by atoms with Gasteiger partial charge in [-0.15, -0.1) is 0 Å². The summed E-state index contributed by atoms with van der Waals surface area (Å²) in [6.45, 7) is 0.381. The van der Waals surface area contributed by atoms with Crippen LogP contribution in [-0.2, 0) is 12.8 Å². The average Bonchev–Trinajstić information content (AvgIpc) is 2.82. The van der Waals surface area contributed by atoms with Crippen LogP contribution in [0.3, 0.4) is 0 Å². The summed E-state index contributed by atoms with van der Waals surface area (Å²) in [5.41, 5.74) is 3.56. The molecule has 1 aromatic heterocycles. The Morgan fingerprint density at radius 1 is 1.03 bits per heavy atom. The molecule has 3 aromatic carbocycles. The van der Waals surface area contributed by atoms with Crippen molar-refractivity contribution in [2.45, 2.75) is 12.8 Å². The molecule has 5 nitrogen and oxygen atoms in total. The summed E-state index contributed by atoms with van der Waals surface area (Å²) in [6, 6.07) is 20.1. The fraction of sp³-hybridized carbons (Fsp3) is 0.120. The van der Waals surface area contributed by atoms with Gasteiger partial charge in [0.25, 0.3) is 0 Å². The van der Waals surface area contributed by atoms with Gasteiger partial charge >= 0.3 is 6.18 Å². The highest BCUT2D eigenvalue weighted by molar-refractivity contribution is 14.1. The smallest absolute Gasteiger partial charge is 0.417 e. The SMILES string of the molecule is COc1cc(/C=N\Nc2ccc(C(F)(F)F)cn2)cc(I)c1OCc1ccc2ccccc2c1. The van der Waals surface area contributed by atoms with Crippen LogP contribution in [0.5, 0.6) is 11.5 Å². The van der Waals surface area contributed by atoms with E-state index in [0.717, 1.165) is 32.3 Å². The van der Waals surface area contributed by atoms with Gasteiger partial charge in [-0.2, -0.15) is 18.3 Å². The van der Waals surface area contributed by atoms with Gasteiger partial charge in [-0.1, -0.05) is 36.4 Å². The van der Waals surface area contributed by atoms with E-state index in [4.69, 9.17) is 9.47 Å². The van der Waals surface area contributed by atoms with Crippen molar-refractivity contribution in [1.29, 1.82) is 0 Å². The Morgan fingerprint density at radius 2 is 1.82 bits per heavy atom. The van der Waals surface area contributed by atoms with Gasteiger partial charge in [-0.25, -0.2) is 4.98 Å². The lowest BCUT2D eigenvalue weighted by Crippen LogP contribution is -2.05. The Bertz CT molecular complexity index is 1330. The van der Waals surface area contributed by atoms with Gasteiger partial charge in [-0.05, 0) is 74.8 Å². The van der Waals surface area contributed by atoms with Gasteiger partial charge in [0.2, 0.25) is 0 Å². The number of anilines is 1. The Hall–Kier alpha value is -3.34. The van der Waals surface area contributed by atoms with Crippen LogP contribution in [0.4, 0.5) is 19.0 Å². The van der Waals surface area contributed by atoms with Crippen molar-refractivity contribution < 1.29 is 22.6 Å². The average molecular weight is 577 g/mol. The minimum atomic E-state index is -4.43. The Balaban J connectivity index is 1.44. The number of hydrogen-bond acceptors (Lipinski definition) is 5. The molecule has 0 bridgehead atoms. The van der Waals surface area contributed by atoms with Crippen molar-refractivity contribution in [3.63, 3.8) is 0 Å². The zero-order valence-corrected chi connectivity index (χ0v) is 20.1. The second-order valence-electron chi connectivity index (χ2n) is 7.30. The second kappa shape index (κ2) is 10.3. The highest BCUT2D eigenvalue weighted by Crippen LogP contribution is 2.34. The number of benzene rings is 3. The lowest BCUT2D eigenvalue weighted by atomic mass is 10.1. The zero-order valence-electron chi connectivity index (χ0n) is 17.9. The normalized spacial score (nSPS) is 11.7. The van der Waals surface area contributed by atoms with E-state index in [2.05, 4.69) is 62.4 Å². The number of hydrogen-bond donors (Lipinski definition) is 1. The first-order valence-corrected chi connectivity index (χ1v) is 11.2. The lowest BCUT2D eigenvalue weighted by Gasteiger charge is -2.14. The summed E-state index contributed by atoms with van der Waals surface area (Å²) in [4.78, 5) is 3.72. The van der Waals surface area contributed by atoms with Crippen molar-refractivity contribution in [3.8, 4) is 11.5 Å². The van der Waals surface area contributed by atoms with E-state index in [9.17, 15) is 13.2 Å². The zero-order chi connectivity index (χ0) is 24.1. The number of alkyl halides is 3. The first-order chi connectivity index (χ1) is 16.3. The topological polar surface area (TPSA) is 55.7 Å². The Morgan fingerprint density at radius 3 is 2.53 bits per heavy atom. The van der Waals surface area contributed by atoms with E-state index in [-0.39, 0.29) is 5.82 Å². The second-order valence-corrected chi connectivity index (χ2v) is 8.47.